The third-order valence-electron chi connectivity index (χ3n) is 3.76. The molecule has 2 rings (SSSR count). The van der Waals surface area contributed by atoms with E-state index < -0.39 is 22.7 Å². The molecule has 1 fully saturated rings. The van der Waals surface area contributed by atoms with Gasteiger partial charge in [-0.3, -0.25) is 9.59 Å². The fourth-order valence-corrected chi connectivity index (χ4v) is 2.29. The van der Waals surface area contributed by atoms with E-state index in [1.165, 1.54) is 11.0 Å². The molecule has 1 aromatic rings. The molecular formula is C15H18F2N2O2. The summed E-state index contributed by atoms with van der Waals surface area (Å²) < 4.78 is 26.3. The zero-order chi connectivity index (χ0) is 16.0. The third-order valence-corrected chi connectivity index (χ3v) is 3.76. The molecule has 1 saturated heterocycles. The molecule has 1 aliphatic heterocycles. The molecule has 114 valence electrons. The molecule has 4 nitrogen and oxygen atoms in total. The second-order valence-electron chi connectivity index (χ2n) is 6.28. The summed E-state index contributed by atoms with van der Waals surface area (Å²) in [5, 5.41) is 2.67. The quantitative estimate of drug-likeness (QED) is 0.907. The standard InChI is InChI=1S/C15H18F2N2O2/c1-14(2)13(21)19(15(3,4)12(20)18-14)8-9-5-6-10(16)11(17)7-9/h5-7H,8H2,1-4H3,(H,18,20). The van der Waals surface area contributed by atoms with E-state index in [9.17, 15) is 18.4 Å². The van der Waals surface area contributed by atoms with E-state index in [0.29, 0.717) is 5.56 Å². The number of carbonyl (C=O) groups is 2. The Bertz CT molecular complexity index is 612. The zero-order valence-electron chi connectivity index (χ0n) is 12.5. The van der Waals surface area contributed by atoms with Crippen molar-refractivity contribution in [2.45, 2.75) is 45.3 Å². The maximum absolute atomic E-state index is 13.3. The first-order valence-corrected chi connectivity index (χ1v) is 6.64. The Morgan fingerprint density at radius 1 is 1.10 bits per heavy atom. The highest BCUT2D eigenvalue weighted by Crippen LogP contribution is 2.28. The Morgan fingerprint density at radius 3 is 2.29 bits per heavy atom. The van der Waals surface area contributed by atoms with Crippen molar-refractivity contribution in [1.82, 2.24) is 10.2 Å². The number of hydrogen-bond acceptors (Lipinski definition) is 2. The van der Waals surface area contributed by atoms with Crippen LogP contribution >= 0.6 is 0 Å². The Kier molecular flexibility index (Phi) is 3.51. The minimum absolute atomic E-state index is 0.0416. The topological polar surface area (TPSA) is 49.4 Å². The fourth-order valence-electron chi connectivity index (χ4n) is 2.29. The van der Waals surface area contributed by atoms with E-state index in [0.717, 1.165) is 12.1 Å². The zero-order valence-corrected chi connectivity index (χ0v) is 12.5. The monoisotopic (exact) mass is 296 g/mol. The van der Waals surface area contributed by atoms with Gasteiger partial charge in [0.15, 0.2) is 11.6 Å². The molecule has 0 saturated carbocycles. The van der Waals surface area contributed by atoms with Crippen molar-refractivity contribution in [3.05, 3.63) is 35.4 Å². The van der Waals surface area contributed by atoms with Crippen LogP contribution in [0.2, 0.25) is 0 Å². The lowest BCUT2D eigenvalue weighted by molar-refractivity contribution is -0.160. The van der Waals surface area contributed by atoms with Crippen molar-refractivity contribution in [1.29, 1.82) is 0 Å². The van der Waals surface area contributed by atoms with E-state index >= 15 is 0 Å². The van der Waals surface area contributed by atoms with Crippen LogP contribution in [0.5, 0.6) is 0 Å². The lowest BCUT2D eigenvalue weighted by Crippen LogP contribution is -2.71. The van der Waals surface area contributed by atoms with Crippen LogP contribution in [0.4, 0.5) is 8.78 Å². The molecule has 1 aromatic carbocycles. The Hall–Kier alpha value is -1.98. The molecule has 1 heterocycles. The van der Waals surface area contributed by atoms with Crippen LogP contribution in [0.15, 0.2) is 18.2 Å². The number of nitrogens with zero attached hydrogens (tertiary/aromatic N) is 1. The summed E-state index contributed by atoms with van der Waals surface area (Å²) in [5.74, 6) is -2.47. The number of rotatable bonds is 2. The van der Waals surface area contributed by atoms with Crippen molar-refractivity contribution < 1.29 is 18.4 Å². The Morgan fingerprint density at radius 2 is 1.71 bits per heavy atom. The largest absolute Gasteiger partial charge is 0.340 e. The van der Waals surface area contributed by atoms with Gasteiger partial charge in [-0.15, -0.1) is 0 Å². The molecule has 0 aromatic heterocycles. The van der Waals surface area contributed by atoms with Crippen LogP contribution in [0, 0.1) is 11.6 Å². The van der Waals surface area contributed by atoms with Crippen molar-refractivity contribution >= 4 is 11.8 Å². The highest BCUT2D eigenvalue weighted by Gasteiger charge is 2.49. The van der Waals surface area contributed by atoms with E-state index in [-0.39, 0.29) is 18.4 Å². The molecule has 0 bridgehead atoms. The minimum atomic E-state index is -1.06. The van der Waals surface area contributed by atoms with Gasteiger partial charge in [-0.2, -0.15) is 0 Å². The van der Waals surface area contributed by atoms with Crippen LogP contribution in [0.25, 0.3) is 0 Å². The minimum Gasteiger partial charge on any atom is -0.340 e. The molecule has 0 atom stereocenters. The van der Waals surface area contributed by atoms with Crippen molar-refractivity contribution in [2.75, 3.05) is 0 Å². The van der Waals surface area contributed by atoms with Crippen molar-refractivity contribution in [3.8, 4) is 0 Å². The molecule has 0 spiro atoms. The molecular weight excluding hydrogens is 278 g/mol. The number of hydrogen-bond donors (Lipinski definition) is 1. The predicted molar refractivity (Wildman–Crippen MR) is 73.2 cm³/mol. The number of halogens is 2. The van der Waals surface area contributed by atoms with Gasteiger partial charge in [-0.25, -0.2) is 8.78 Å². The SMILES string of the molecule is CC1(C)NC(=O)C(C)(C)N(Cc2ccc(F)c(F)c2)C1=O. The fraction of sp³-hybridized carbons (Fsp3) is 0.467. The average molecular weight is 296 g/mol. The van der Waals surface area contributed by atoms with E-state index in [2.05, 4.69) is 5.32 Å². The molecule has 0 radical (unpaired) electrons. The van der Waals surface area contributed by atoms with Gasteiger partial charge in [0, 0.05) is 6.54 Å². The summed E-state index contributed by atoms with van der Waals surface area (Å²) in [6.07, 6.45) is 0. The first-order chi connectivity index (χ1) is 9.55. The summed E-state index contributed by atoms with van der Waals surface area (Å²) in [7, 11) is 0. The number of carbonyl (C=O) groups excluding carboxylic acids is 2. The van der Waals surface area contributed by atoms with Crippen molar-refractivity contribution in [3.63, 3.8) is 0 Å². The maximum Gasteiger partial charge on any atom is 0.248 e. The number of amides is 2. The molecule has 2 amide bonds. The van der Waals surface area contributed by atoms with Crippen LogP contribution in [0.3, 0.4) is 0 Å². The van der Waals surface area contributed by atoms with Crippen LogP contribution in [-0.4, -0.2) is 27.8 Å². The Balaban J connectivity index is 2.36. The van der Waals surface area contributed by atoms with Crippen LogP contribution in [-0.2, 0) is 16.1 Å². The van der Waals surface area contributed by atoms with Gasteiger partial charge in [-0.1, -0.05) is 6.07 Å². The molecule has 0 aliphatic carbocycles. The average Bonchev–Trinajstić information content (AvgIpc) is 2.37. The van der Waals surface area contributed by atoms with Gasteiger partial charge in [0.1, 0.15) is 11.1 Å². The summed E-state index contributed by atoms with van der Waals surface area (Å²) >= 11 is 0. The van der Waals surface area contributed by atoms with Gasteiger partial charge >= 0.3 is 0 Å². The maximum atomic E-state index is 13.3. The predicted octanol–water partition coefficient (Wildman–Crippen LogP) is 1.98. The molecule has 0 unspecified atom stereocenters. The number of benzene rings is 1. The number of nitrogens with one attached hydrogen (secondary N) is 1. The summed E-state index contributed by atoms with van der Waals surface area (Å²) in [4.78, 5) is 26.1. The van der Waals surface area contributed by atoms with E-state index in [4.69, 9.17) is 0 Å². The first kappa shape index (κ1) is 15.4. The molecule has 1 N–H and O–H groups in total. The van der Waals surface area contributed by atoms with Gasteiger partial charge in [0.25, 0.3) is 0 Å². The van der Waals surface area contributed by atoms with E-state index in [1.807, 2.05) is 0 Å². The third kappa shape index (κ3) is 2.62. The second-order valence-corrected chi connectivity index (χ2v) is 6.28. The normalized spacial score (nSPS) is 20.4. The van der Waals surface area contributed by atoms with Gasteiger partial charge < -0.3 is 10.2 Å². The van der Waals surface area contributed by atoms with Crippen LogP contribution < -0.4 is 5.32 Å². The summed E-state index contributed by atoms with van der Waals surface area (Å²) in [6, 6.07) is 3.46. The summed E-state index contributed by atoms with van der Waals surface area (Å²) in [6.45, 7) is 6.51. The highest BCUT2D eigenvalue weighted by molar-refractivity contribution is 6.01. The number of piperazine rings is 1. The second kappa shape index (κ2) is 4.79. The molecule has 1 aliphatic rings. The highest BCUT2D eigenvalue weighted by atomic mass is 19.2. The van der Waals surface area contributed by atoms with E-state index in [1.54, 1.807) is 27.7 Å². The smallest absolute Gasteiger partial charge is 0.248 e. The van der Waals surface area contributed by atoms with Crippen LogP contribution in [0.1, 0.15) is 33.3 Å². The first-order valence-electron chi connectivity index (χ1n) is 6.64. The summed E-state index contributed by atoms with van der Waals surface area (Å²) in [5.41, 5.74) is -1.65. The lowest BCUT2D eigenvalue weighted by Gasteiger charge is -2.47. The molecule has 6 heteroatoms. The molecule has 21 heavy (non-hydrogen) atoms. The van der Waals surface area contributed by atoms with Crippen molar-refractivity contribution in [2.24, 2.45) is 0 Å². The van der Waals surface area contributed by atoms with Gasteiger partial charge in [-0.05, 0) is 45.4 Å². The van der Waals surface area contributed by atoms with Gasteiger partial charge in [0.2, 0.25) is 11.8 Å². The Labute approximate surface area is 122 Å². The van der Waals surface area contributed by atoms with Gasteiger partial charge in [0.05, 0.1) is 0 Å². The lowest BCUT2D eigenvalue weighted by atomic mass is 9.89.